The van der Waals surface area contributed by atoms with Crippen LogP contribution in [0.5, 0.6) is 0 Å². The number of hydrogen-bond acceptors (Lipinski definition) is 2. The van der Waals surface area contributed by atoms with Crippen molar-refractivity contribution in [1.29, 1.82) is 0 Å². The summed E-state index contributed by atoms with van der Waals surface area (Å²) in [6.45, 7) is 0. The van der Waals surface area contributed by atoms with E-state index in [1.54, 1.807) is 0 Å². The van der Waals surface area contributed by atoms with Gasteiger partial charge in [0.1, 0.15) is 0 Å². The number of amides is 2. The summed E-state index contributed by atoms with van der Waals surface area (Å²) in [4.78, 5) is 13.9. The number of carbonyl (C=O) groups is 1. The quantitative estimate of drug-likeness (QED) is 0.317. The van der Waals surface area contributed by atoms with Crippen LogP contribution in [0.4, 0.5) is 4.79 Å². The largest absolute Gasteiger partial charge is 0.323 e. The first-order chi connectivity index (χ1) is 4.10. The second-order valence-electron chi connectivity index (χ2n) is 1.40. The van der Waals surface area contributed by atoms with Crippen molar-refractivity contribution in [3.8, 4) is 0 Å². The van der Waals surface area contributed by atoms with Gasteiger partial charge in [-0.25, -0.2) is 9.79 Å². The molecule has 4 nitrogen and oxygen atoms in total. The number of alkyl halides is 2. The third-order valence-electron chi connectivity index (χ3n) is 0.686. The standard InChI is InChI=1S/C3H3Cl2N3O.Na/c4-3(5)7-1-6-2(9)8-3;/h1H,(H2,6,7,8,9);. The molecule has 0 saturated heterocycles. The molecule has 1 radical (unpaired) electrons. The van der Waals surface area contributed by atoms with Gasteiger partial charge in [0, 0.05) is 29.6 Å². The van der Waals surface area contributed by atoms with Crippen molar-refractivity contribution in [2.45, 2.75) is 4.58 Å². The fourth-order valence-corrected chi connectivity index (χ4v) is 0.646. The van der Waals surface area contributed by atoms with Gasteiger partial charge in [-0.3, -0.25) is 10.6 Å². The van der Waals surface area contributed by atoms with Crippen molar-refractivity contribution in [2.75, 3.05) is 0 Å². The summed E-state index contributed by atoms with van der Waals surface area (Å²) in [6.07, 6.45) is 1.14. The van der Waals surface area contributed by atoms with E-state index in [1.807, 2.05) is 0 Å². The van der Waals surface area contributed by atoms with E-state index in [9.17, 15) is 4.79 Å². The number of hydrogen-bond donors (Lipinski definition) is 2. The normalized spacial score (nSPS) is 20.4. The Hall–Kier alpha value is 0.520. The second-order valence-corrected chi connectivity index (χ2v) is 2.69. The van der Waals surface area contributed by atoms with E-state index in [-0.39, 0.29) is 29.6 Å². The van der Waals surface area contributed by atoms with Crippen molar-refractivity contribution < 1.29 is 4.79 Å². The smallest absolute Gasteiger partial charge is 0.299 e. The number of rotatable bonds is 0. The number of nitrogens with one attached hydrogen (secondary N) is 2. The molecule has 0 unspecified atom stereocenters. The average Bonchev–Trinajstić information content (AvgIpc) is 1.60. The second kappa shape index (κ2) is 3.78. The zero-order chi connectivity index (χ0) is 6.91. The zero-order valence-electron chi connectivity index (χ0n) is 5.19. The van der Waals surface area contributed by atoms with Crippen molar-refractivity contribution in [2.24, 2.45) is 4.99 Å². The summed E-state index contributed by atoms with van der Waals surface area (Å²) >= 11 is 10.7. The Morgan fingerprint density at radius 1 is 1.60 bits per heavy atom. The van der Waals surface area contributed by atoms with E-state index < -0.39 is 10.6 Å². The summed E-state index contributed by atoms with van der Waals surface area (Å²) in [7, 11) is 0. The monoisotopic (exact) mass is 190 g/mol. The minimum absolute atomic E-state index is 0. The number of aliphatic imine (C=N–C) groups is 1. The maximum absolute atomic E-state index is 10.4. The van der Waals surface area contributed by atoms with Crippen LogP contribution in [-0.2, 0) is 0 Å². The third-order valence-corrected chi connectivity index (χ3v) is 1.07. The van der Waals surface area contributed by atoms with E-state index in [1.165, 1.54) is 0 Å². The maximum atomic E-state index is 10.4. The Bertz CT molecular complexity index is 171. The van der Waals surface area contributed by atoms with Gasteiger partial charge in [-0.15, -0.1) is 0 Å². The van der Waals surface area contributed by atoms with E-state index >= 15 is 0 Å². The predicted octanol–water partition coefficient (Wildman–Crippen LogP) is 0.0356. The first kappa shape index (κ1) is 10.5. The van der Waals surface area contributed by atoms with Gasteiger partial charge in [-0.05, 0) is 0 Å². The molecule has 1 rings (SSSR count). The van der Waals surface area contributed by atoms with Crippen LogP contribution in [0.1, 0.15) is 0 Å². The van der Waals surface area contributed by atoms with Gasteiger partial charge in [0.25, 0.3) is 4.58 Å². The number of carbonyl (C=O) groups excluding carboxylic acids is 1. The Morgan fingerprint density at radius 3 is 2.50 bits per heavy atom. The molecule has 2 amide bonds. The van der Waals surface area contributed by atoms with Crippen LogP contribution in [0.25, 0.3) is 0 Å². The molecule has 0 spiro atoms. The Balaban J connectivity index is 0.000000810. The topological polar surface area (TPSA) is 53.5 Å². The molecule has 1 heterocycles. The molecular formula is C3H3Cl2N3NaO. The zero-order valence-corrected chi connectivity index (χ0v) is 8.70. The fraction of sp³-hybridized carbons (Fsp3) is 0.333. The first-order valence-corrected chi connectivity index (χ1v) is 2.86. The molecule has 0 aliphatic carbocycles. The molecule has 51 valence electrons. The molecule has 1 aliphatic rings. The van der Waals surface area contributed by atoms with E-state index in [0.717, 1.165) is 6.34 Å². The average molecular weight is 191 g/mol. The van der Waals surface area contributed by atoms with Crippen molar-refractivity contribution in [3.05, 3.63) is 0 Å². The van der Waals surface area contributed by atoms with Gasteiger partial charge in [0.15, 0.2) is 0 Å². The summed E-state index contributed by atoms with van der Waals surface area (Å²) in [5, 5.41) is 4.37. The molecule has 0 aromatic carbocycles. The van der Waals surface area contributed by atoms with Gasteiger partial charge < -0.3 is 0 Å². The van der Waals surface area contributed by atoms with Crippen LogP contribution in [-0.4, -0.2) is 46.5 Å². The SMILES string of the molecule is O=C1NC=NC(Cl)(Cl)N1.[Na]. The molecule has 0 atom stereocenters. The summed E-state index contributed by atoms with van der Waals surface area (Å²) in [5.41, 5.74) is 0. The van der Waals surface area contributed by atoms with Gasteiger partial charge in [0.2, 0.25) is 0 Å². The van der Waals surface area contributed by atoms with E-state index in [2.05, 4.69) is 15.6 Å². The minimum Gasteiger partial charge on any atom is -0.299 e. The van der Waals surface area contributed by atoms with Crippen molar-refractivity contribution >= 4 is 65.1 Å². The van der Waals surface area contributed by atoms with Crippen molar-refractivity contribution in [3.63, 3.8) is 0 Å². The molecule has 1 aliphatic heterocycles. The first-order valence-electron chi connectivity index (χ1n) is 2.10. The Morgan fingerprint density at radius 2 is 2.20 bits per heavy atom. The van der Waals surface area contributed by atoms with E-state index in [4.69, 9.17) is 23.2 Å². The van der Waals surface area contributed by atoms with Gasteiger partial charge >= 0.3 is 6.03 Å². The molecule has 2 N–H and O–H groups in total. The molecule has 0 bridgehead atoms. The molecule has 0 aromatic heterocycles. The number of halogens is 2. The minimum atomic E-state index is -1.50. The molecule has 10 heavy (non-hydrogen) atoms. The van der Waals surface area contributed by atoms with Gasteiger partial charge in [-0.1, -0.05) is 23.2 Å². The third kappa shape index (κ3) is 3.07. The Labute approximate surface area is 89.6 Å². The molecular weight excluding hydrogens is 188 g/mol. The van der Waals surface area contributed by atoms with Gasteiger partial charge in [0.05, 0.1) is 6.34 Å². The van der Waals surface area contributed by atoms with E-state index in [0.29, 0.717) is 0 Å². The summed E-state index contributed by atoms with van der Waals surface area (Å²) in [5.74, 6) is 0. The fourth-order valence-electron chi connectivity index (χ4n) is 0.377. The van der Waals surface area contributed by atoms with Crippen LogP contribution >= 0.6 is 23.2 Å². The molecule has 0 fully saturated rings. The van der Waals surface area contributed by atoms with Crippen LogP contribution in [0, 0.1) is 0 Å². The van der Waals surface area contributed by atoms with Crippen molar-refractivity contribution in [1.82, 2.24) is 10.6 Å². The van der Waals surface area contributed by atoms with Crippen LogP contribution in [0.2, 0.25) is 0 Å². The summed E-state index contributed by atoms with van der Waals surface area (Å²) in [6, 6.07) is -0.463. The van der Waals surface area contributed by atoms with Crippen LogP contribution < -0.4 is 10.6 Å². The predicted molar refractivity (Wildman–Crippen MR) is 40.4 cm³/mol. The van der Waals surface area contributed by atoms with Crippen LogP contribution in [0.3, 0.4) is 0 Å². The summed E-state index contributed by atoms with van der Waals surface area (Å²) < 4.78 is -1.50. The molecule has 0 saturated carbocycles. The van der Waals surface area contributed by atoms with Crippen LogP contribution in [0.15, 0.2) is 4.99 Å². The number of nitrogens with zero attached hydrogens (tertiary/aromatic N) is 1. The Kier molecular flexibility index (Phi) is 3.98. The molecule has 7 heteroatoms. The molecule has 0 aromatic rings. The number of urea groups is 1. The van der Waals surface area contributed by atoms with Gasteiger partial charge in [-0.2, -0.15) is 0 Å². The maximum Gasteiger partial charge on any atom is 0.323 e.